The number of unbranched alkanes of at least 4 members (excludes halogenated alkanes) is 2. The minimum Gasteiger partial charge on any atom is -0.379 e. The Morgan fingerprint density at radius 2 is 1.80 bits per heavy atom. The molecule has 5 heteroatoms. The van der Waals surface area contributed by atoms with Crippen LogP contribution >= 0.6 is 0 Å². The van der Waals surface area contributed by atoms with Crippen molar-refractivity contribution in [3.8, 4) is 11.1 Å². The van der Waals surface area contributed by atoms with Crippen molar-refractivity contribution in [3.63, 3.8) is 0 Å². The van der Waals surface area contributed by atoms with Crippen LogP contribution in [0.1, 0.15) is 59.9 Å². The standard InChI is InChI=1S/C25H37N3O2/c1-4-5-6-12-22-24(21-11-8-7-10-19(21)2)23(25(26)29)20(3)28(22)14-9-13-27-15-17-30-18-16-27/h7-8,10-11H,4-6,9,12-18H2,1-3H3,(H2,26,29). The number of ether oxygens (including phenoxy) is 1. The highest BCUT2D eigenvalue weighted by molar-refractivity contribution is 6.02. The smallest absolute Gasteiger partial charge is 0.251 e. The van der Waals surface area contributed by atoms with Crippen molar-refractivity contribution in [1.29, 1.82) is 0 Å². The van der Waals surface area contributed by atoms with Gasteiger partial charge in [0.15, 0.2) is 0 Å². The van der Waals surface area contributed by atoms with Gasteiger partial charge in [-0.2, -0.15) is 0 Å². The Kier molecular flexibility index (Phi) is 8.11. The predicted octanol–water partition coefficient (Wildman–Crippen LogP) is 4.33. The van der Waals surface area contributed by atoms with Gasteiger partial charge in [0.25, 0.3) is 5.91 Å². The molecule has 1 saturated heterocycles. The van der Waals surface area contributed by atoms with Crippen LogP contribution in [0, 0.1) is 13.8 Å². The van der Waals surface area contributed by atoms with Crippen LogP contribution in [0.5, 0.6) is 0 Å². The van der Waals surface area contributed by atoms with Crippen molar-refractivity contribution in [2.24, 2.45) is 5.73 Å². The normalized spacial score (nSPS) is 14.9. The van der Waals surface area contributed by atoms with Gasteiger partial charge in [-0.05, 0) is 44.2 Å². The van der Waals surface area contributed by atoms with Gasteiger partial charge in [-0.15, -0.1) is 0 Å². The average Bonchev–Trinajstić information content (AvgIpc) is 3.01. The van der Waals surface area contributed by atoms with E-state index in [1.807, 2.05) is 12.1 Å². The first-order valence-electron chi connectivity index (χ1n) is 11.4. The highest BCUT2D eigenvalue weighted by Gasteiger charge is 2.25. The lowest BCUT2D eigenvalue weighted by Crippen LogP contribution is -2.37. The molecule has 1 amide bonds. The van der Waals surface area contributed by atoms with E-state index in [1.54, 1.807) is 0 Å². The Balaban J connectivity index is 1.96. The number of carbonyl (C=O) groups is 1. The zero-order chi connectivity index (χ0) is 21.5. The van der Waals surface area contributed by atoms with Gasteiger partial charge in [0.05, 0.1) is 18.8 Å². The van der Waals surface area contributed by atoms with E-state index in [-0.39, 0.29) is 5.91 Å². The molecule has 2 aromatic rings. The maximum Gasteiger partial charge on any atom is 0.251 e. The lowest BCUT2D eigenvalue weighted by molar-refractivity contribution is 0.0369. The summed E-state index contributed by atoms with van der Waals surface area (Å²) in [5, 5.41) is 0. The zero-order valence-corrected chi connectivity index (χ0v) is 18.9. The number of nitrogens with two attached hydrogens (primary N) is 1. The van der Waals surface area contributed by atoms with E-state index in [0.717, 1.165) is 75.5 Å². The molecule has 1 aromatic carbocycles. The van der Waals surface area contributed by atoms with E-state index in [0.29, 0.717) is 5.56 Å². The zero-order valence-electron chi connectivity index (χ0n) is 18.9. The molecule has 5 nitrogen and oxygen atoms in total. The summed E-state index contributed by atoms with van der Waals surface area (Å²) in [7, 11) is 0. The molecule has 0 aliphatic carbocycles. The summed E-state index contributed by atoms with van der Waals surface area (Å²) in [6, 6.07) is 8.33. The first kappa shape index (κ1) is 22.6. The molecule has 0 radical (unpaired) electrons. The van der Waals surface area contributed by atoms with Gasteiger partial charge in [-0.25, -0.2) is 0 Å². The van der Waals surface area contributed by atoms with Gasteiger partial charge in [-0.3, -0.25) is 9.69 Å². The van der Waals surface area contributed by atoms with Crippen molar-refractivity contribution in [1.82, 2.24) is 9.47 Å². The quantitative estimate of drug-likeness (QED) is 0.592. The lowest BCUT2D eigenvalue weighted by Gasteiger charge is -2.26. The van der Waals surface area contributed by atoms with E-state index >= 15 is 0 Å². The molecule has 1 aromatic heterocycles. The molecule has 0 spiro atoms. The molecule has 3 rings (SSSR count). The minimum atomic E-state index is -0.325. The Bertz CT molecular complexity index is 850. The number of carbonyl (C=O) groups excluding carboxylic acids is 1. The summed E-state index contributed by atoms with van der Waals surface area (Å²) in [6.07, 6.45) is 5.53. The second-order valence-electron chi connectivity index (χ2n) is 8.38. The fraction of sp³-hybridized carbons (Fsp3) is 0.560. The fourth-order valence-electron chi connectivity index (χ4n) is 4.62. The van der Waals surface area contributed by atoms with Crippen molar-refractivity contribution in [2.75, 3.05) is 32.8 Å². The summed E-state index contributed by atoms with van der Waals surface area (Å²) in [6.45, 7) is 12.0. The third-order valence-corrected chi connectivity index (χ3v) is 6.27. The van der Waals surface area contributed by atoms with Crippen LogP contribution in [0.25, 0.3) is 11.1 Å². The third kappa shape index (κ3) is 5.13. The Morgan fingerprint density at radius 3 is 2.47 bits per heavy atom. The predicted molar refractivity (Wildman–Crippen MR) is 123 cm³/mol. The number of hydrogen-bond acceptors (Lipinski definition) is 3. The Morgan fingerprint density at radius 1 is 1.07 bits per heavy atom. The second-order valence-corrected chi connectivity index (χ2v) is 8.38. The summed E-state index contributed by atoms with van der Waals surface area (Å²) in [5.41, 5.74) is 12.3. The number of aromatic nitrogens is 1. The Labute approximate surface area is 181 Å². The molecular formula is C25H37N3O2. The molecular weight excluding hydrogens is 374 g/mol. The maximum atomic E-state index is 12.5. The topological polar surface area (TPSA) is 60.5 Å². The van der Waals surface area contributed by atoms with Crippen molar-refractivity contribution < 1.29 is 9.53 Å². The van der Waals surface area contributed by atoms with Crippen LogP contribution in [0.15, 0.2) is 24.3 Å². The largest absolute Gasteiger partial charge is 0.379 e. The lowest BCUT2D eigenvalue weighted by atomic mass is 9.94. The highest BCUT2D eigenvalue weighted by Crippen LogP contribution is 2.35. The number of hydrogen-bond donors (Lipinski definition) is 1. The average molecular weight is 412 g/mol. The monoisotopic (exact) mass is 411 g/mol. The second kappa shape index (κ2) is 10.8. The molecule has 0 bridgehead atoms. The third-order valence-electron chi connectivity index (χ3n) is 6.27. The van der Waals surface area contributed by atoms with Gasteiger partial charge in [-0.1, -0.05) is 44.0 Å². The number of rotatable bonds is 10. The highest BCUT2D eigenvalue weighted by atomic mass is 16.5. The summed E-state index contributed by atoms with van der Waals surface area (Å²) < 4.78 is 7.84. The van der Waals surface area contributed by atoms with Gasteiger partial charge in [0, 0.05) is 43.1 Å². The molecule has 30 heavy (non-hydrogen) atoms. The van der Waals surface area contributed by atoms with Crippen LogP contribution in [-0.4, -0.2) is 48.2 Å². The van der Waals surface area contributed by atoms with Gasteiger partial charge in [0.1, 0.15) is 0 Å². The van der Waals surface area contributed by atoms with Crippen LogP contribution in [0.4, 0.5) is 0 Å². The first-order chi connectivity index (χ1) is 14.5. The first-order valence-corrected chi connectivity index (χ1v) is 11.4. The van der Waals surface area contributed by atoms with Gasteiger partial charge < -0.3 is 15.0 Å². The molecule has 2 heterocycles. The molecule has 164 valence electrons. The van der Waals surface area contributed by atoms with Gasteiger partial charge >= 0.3 is 0 Å². The van der Waals surface area contributed by atoms with Crippen molar-refractivity contribution >= 4 is 5.91 Å². The van der Waals surface area contributed by atoms with Crippen LogP contribution in [-0.2, 0) is 17.7 Å². The number of benzene rings is 1. The van der Waals surface area contributed by atoms with E-state index in [9.17, 15) is 4.79 Å². The molecule has 0 atom stereocenters. The molecule has 1 aliphatic rings. The molecule has 1 aliphatic heterocycles. The summed E-state index contributed by atoms with van der Waals surface area (Å²) in [5.74, 6) is -0.325. The number of primary amides is 1. The minimum absolute atomic E-state index is 0.325. The van der Waals surface area contributed by atoms with Crippen LogP contribution < -0.4 is 5.73 Å². The number of amides is 1. The van der Waals surface area contributed by atoms with Crippen LogP contribution in [0.3, 0.4) is 0 Å². The molecule has 1 fully saturated rings. The van der Waals surface area contributed by atoms with Crippen molar-refractivity contribution in [2.45, 2.75) is 59.4 Å². The summed E-state index contributed by atoms with van der Waals surface area (Å²) in [4.78, 5) is 15.0. The molecule has 2 N–H and O–H groups in total. The van der Waals surface area contributed by atoms with E-state index in [1.165, 1.54) is 24.1 Å². The van der Waals surface area contributed by atoms with Crippen molar-refractivity contribution in [3.05, 3.63) is 46.8 Å². The van der Waals surface area contributed by atoms with E-state index < -0.39 is 0 Å². The number of morpholine rings is 1. The summed E-state index contributed by atoms with van der Waals surface area (Å²) >= 11 is 0. The van der Waals surface area contributed by atoms with Crippen LogP contribution in [0.2, 0.25) is 0 Å². The number of aryl methyl sites for hydroxylation is 1. The van der Waals surface area contributed by atoms with E-state index in [2.05, 4.69) is 42.4 Å². The Hall–Kier alpha value is -2.11. The van der Waals surface area contributed by atoms with Gasteiger partial charge in [0.2, 0.25) is 0 Å². The maximum absolute atomic E-state index is 12.5. The van der Waals surface area contributed by atoms with E-state index in [4.69, 9.17) is 10.5 Å². The number of nitrogens with zero attached hydrogens (tertiary/aromatic N) is 2. The molecule has 0 saturated carbocycles. The molecule has 0 unspecified atom stereocenters. The SMILES string of the molecule is CCCCCc1c(-c2ccccc2C)c(C(N)=O)c(C)n1CCCN1CCOCC1. The fourth-order valence-corrected chi connectivity index (χ4v) is 4.62.